The predicted molar refractivity (Wildman–Crippen MR) is 92.0 cm³/mol. The van der Waals surface area contributed by atoms with Crippen molar-refractivity contribution in [1.29, 1.82) is 0 Å². The number of nitrogens with zero attached hydrogens (tertiary/aromatic N) is 2. The number of primary amides is 1. The van der Waals surface area contributed by atoms with Crippen molar-refractivity contribution in [2.75, 3.05) is 6.54 Å². The molecule has 24 heavy (non-hydrogen) atoms. The molecule has 2 amide bonds. The molecule has 6 nitrogen and oxygen atoms in total. The first-order chi connectivity index (χ1) is 11.2. The van der Waals surface area contributed by atoms with Crippen molar-refractivity contribution in [1.82, 2.24) is 9.47 Å². The minimum Gasteiger partial charge on any atom is -0.444 e. The molecule has 0 saturated carbocycles. The van der Waals surface area contributed by atoms with Crippen molar-refractivity contribution >= 4 is 23.0 Å². The van der Waals surface area contributed by atoms with Gasteiger partial charge in [0.25, 0.3) is 0 Å². The van der Waals surface area contributed by atoms with Gasteiger partial charge in [0, 0.05) is 11.9 Å². The lowest BCUT2D eigenvalue weighted by molar-refractivity contribution is 0.0220. The van der Waals surface area contributed by atoms with Gasteiger partial charge in [-0.15, -0.1) is 0 Å². The van der Waals surface area contributed by atoms with Gasteiger partial charge in [0.2, 0.25) is 0 Å². The van der Waals surface area contributed by atoms with E-state index in [1.165, 1.54) is 4.57 Å². The van der Waals surface area contributed by atoms with Crippen LogP contribution in [0.2, 0.25) is 0 Å². The number of aryl methyl sites for hydroxylation is 1. The number of nitrogens with two attached hydrogens (primary N) is 1. The first-order valence-corrected chi connectivity index (χ1v) is 8.08. The highest BCUT2D eigenvalue weighted by molar-refractivity contribution is 5.97. The maximum Gasteiger partial charge on any atom is 0.410 e. The number of aromatic nitrogens is 1. The van der Waals surface area contributed by atoms with Crippen LogP contribution in [0.25, 0.3) is 10.9 Å². The van der Waals surface area contributed by atoms with E-state index in [1.54, 1.807) is 4.90 Å². The number of amides is 2. The fourth-order valence-corrected chi connectivity index (χ4v) is 3.33. The van der Waals surface area contributed by atoms with Crippen LogP contribution in [0, 0.1) is 6.92 Å². The average molecular weight is 329 g/mol. The Kier molecular flexibility index (Phi) is 3.78. The summed E-state index contributed by atoms with van der Waals surface area (Å²) in [5, 5.41) is 1.06. The van der Waals surface area contributed by atoms with E-state index in [4.69, 9.17) is 10.5 Å². The molecule has 6 heteroatoms. The summed E-state index contributed by atoms with van der Waals surface area (Å²) in [6, 6.07) is 5.30. The van der Waals surface area contributed by atoms with Crippen LogP contribution in [0.15, 0.2) is 18.2 Å². The Morgan fingerprint density at radius 2 is 1.96 bits per heavy atom. The fourth-order valence-electron chi connectivity index (χ4n) is 3.33. The van der Waals surface area contributed by atoms with Gasteiger partial charge in [0.1, 0.15) is 5.60 Å². The normalized spacial score (nSPS) is 14.6. The van der Waals surface area contributed by atoms with Gasteiger partial charge in [-0.25, -0.2) is 9.59 Å². The minimum atomic E-state index is -0.551. The number of rotatable bonds is 0. The van der Waals surface area contributed by atoms with Crippen molar-refractivity contribution in [3.63, 3.8) is 0 Å². The number of hydrogen-bond acceptors (Lipinski definition) is 3. The summed E-state index contributed by atoms with van der Waals surface area (Å²) < 4.78 is 6.97. The van der Waals surface area contributed by atoms with Gasteiger partial charge in [-0.1, -0.05) is 12.1 Å². The zero-order valence-corrected chi connectivity index (χ0v) is 14.5. The van der Waals surface area contributed by atoms with E-state index in [9.17, 15) is 9.59 Å². The Morgan fingerprint density at radius 3 is 2.58 bits per heavy atom. The molecule has 2 aromatic rings. The van der Waals surface area contributed by atoms with E-state index in [2.05, 4.69) is 0 Å². The predicted octanol–water partition coefficient (Wildman–Crippen LogP) is 3.17. The summed E-state index contributed by atoms with van der Waals surface area (Å²) >= 11 is 0. The Balaban J connectivity index is 2.05. The monoisotopic (exact) mass is 329 g/mol. The Labute approximate surface area is 141 Å². The molecule has 0 saturated heterocycles. The first-order valence-electron chi connectivity index (χ1n) is 8.08. The van der Waals surface area contributed by atoms with E-state index in [0.29, 0.717) is 19.5 Å². The number of benzene rings is 1. The molecule has 1 aliphatic rings. The van der Waals surface area contributed by atoms with Gasteiger partial charge in [0.15, 0.2) is 0 Å². The smallest absolute Gasteiger partial charge is 0.410 e. The van der Waals surface area contributed by atoms with Crippen LogP contribution in [-0.2, 0) is 17.7 Å². The van der Waals surface area contributed by atoms with Gasteiger partial charge < -0.3 is 15.4 Å². The molecule has 0 unspecified atom stereocenters. The molecule has 0 bridgehead atoms. The second kappa shape index (κ2) is 5.54. The second-order valence-corrected chi connectivity index (χ2v) is 7.22. The topological polar surface area (TPSA) is 77.6 Å². The van der Waals surface area contributed by atoms with Crippen molar-refractivity contribution < 1.29 is 14.3 Å². The lowest BCUT2D eigenvalue weighted by Crippen LogP contribution is -2.41. The van der Waals surface area contributed by atoms with Crippen LogP contribution in [0.1, 0.15) is 37.6 Å². The van der Waals surface area contributed by atoms with Crippen LogP contribution in [0.5, 0.6) is 0 Å². The molecule has 2 N–H and O–H groups in total. The molecule has 1 aliphatic heterocycles. The molecule has 2 heterocycles. The average Bonchev–Trinajstić information content (AvgIpc) is 2.79. The third kappa shape index (κ3) is 2.72. The second-order valence-electron chi connectivity index (χ2n) is 7.22. The lowest BCUT2D eigenvalue weighted by Gasteiger charge is -2.30. The molecule has 1 aromatic heterocycles. The molecule has 3 rings (SSSR count). The number of fused-ring (bicyclic) bond motifs is 3. The summed E-state index contributed by atoms with van der Waals surface area (Å²) in [7, 11) is 0. The highest BCUT2D eigenvalue weighted by atomic mass is 16.6. The van der Waals surface area contributed by atoms with E-state index in [-0.39, 0.29) is 6.09 Å². The van der Waals surface area contributed by atoms with E-state index < -0.39 is 11.6 Å². The van der Waals surface area contributed by atoms with Gasteiger partial charge in [0.05, 0.1) is 17.8 Å². The quantitative estimate of drug-likeness (QED) is 0.806. The largest absolute Gasteiger partial charge is 0.444 e. The van der Waals surface area contributed by atoms with Crippen molar-refractivity contribution in [2.45, 2.75) is 46.3 Å². The first kappa shape index (κ1) is 16.4. The van der Waals surface area contributed by atoms with Gasteiger partial charge >= 0.3 is 12.1 Å². The van der Waals surface area contributed by atoms with Crippen molar-refractivity contribution in [3.05, 3.63) is 35.0 Å². The van der Waals surface area contributed by atoms with Crippen molar-refractivity contribution in [2.24, 2.45) is 5.73 Å². The highest BCUT2D eigenvalue weighted by Crippen LogP contribution is 2.33. The third-order valence-electron chi connectivity index (χ3n) is 4.26. The van der Waals surface area contributed by atoms with Gasteiger partial charge in [-0.2, -0.15) is 0 Å². The fraction of sp³-hybridized carbons (Fsp3) is 0.444. The molecule has 0 aliphatic carbocycles. The van der Waals surface area contributed by atoms with E-state index in [1.807, 2.05) is 45.9 Å². The summed E-state index contributed by atoms with van der Waals surface area (Å²) in [5.41, 5.74) is 8.85. The molecule has 0 atom stereocenters. The van der Waals surface area contributed by atoms with Crippen LogP contribution < -0.4 is 5.73 Å². The Morgan fingerprint density at radius 1 is 1.25 bits per heavy atom. The van der Waals surface area contributed by atoms with Crippen LogP contribution >= 0.6 is 0 Å². The maximum absolute atomic E-state index is 12.4. The summed E-state index contributed by atoms with van der Waals surface area (Å²) in [5.74, 6) is 0. The molecule has 128 valence electrons. The summed E-state index contributed by atoms with van der Waals surface area (Å²) in [6.45, 7) is 8.42. The highest BCUT2D eigenvalue weighted by Gasteiger charge is 2.30. The van der Waals surface area contributed by atoms with Crippen molar-refractivity contribution in [3.8, 4) is 0 Å². The third-order valence-corrected chi connectivity index (χ3v) is 4.26. The molecule has 1 aromatic carbocycles. The number of carbonyl (C=O) groups is 2. The summed E-state index contributed by atoms with van der Waals surface area (Å²) in [4.78, 5) is 26.0. The zero-order valence-electron chi connectivity index (χ0n) is 14.5. The molecular weight excluding hydrogens is 306 g/mol. The van der Waals surface area contributed by atoms with Crippen LogP contribution in [0.3, 0.4) is 0 Å². The lowest BCUT2D eigenvalue weighted by atomic mass is 10.0. The number of hydrogen-bond donors (Lipinski definition) is 1. The molecule has 0 radical (unpaired) electrons. The molecule has 0 fully saturated rings. The van der Waals surface area contributed by atoms with Gasteiger partial charge in [-0.05, 0) is 51.3 Å². The number of carbonyl (C=O) groups excluding carboxylic acids is 2. The zero-order chi connectivity index (χ0) is 17.6. The van der Waals surface area contributed by atoms with Crippen LogP contribution in [-0.4, -0.2) is 33.7 Å². The minimum absolute atomic E-state index is 0.321. The SMILES string of the molecule is Cc1cccc2c1c1c(n2C(N)=O)CN(C(=O)OC(C)(C)C)CC1. The number of ether oxygens (including phenoxy) is 1. The molecular formula is C18H23N3O3. The molecule has 0 spiro atoms. The Hall–Kier alpha value is -2.50. The summed E-state index contributed by atoms with van der Waals surface area (Å²) in [6.07, 6.45) is 0.307. The maximum atomic E-state index is 12.4. The van der Waals surface area contributed by atoms with E-state index in [0.717, 1.165) is 27.7 Å². The standard InChI is InChI=1S/C18H23N3O3/c1-11-6-5-7-13-15(11)12-8-9-20(17(23)24-18(2,3)4)10-14(12)21(13)16(19)22/h5-7H,8-10H2,1-4H3,(H2,19,22). The Bertz CT molecular complexity index is 830. The van der Waals surface area contributed by atoms with E-state index >= 15 is 0 Å². The van der Waals surface area contributed by atoms with Gasteiger partial charge in [-0.3, -0.25) is 4.57 Å². The van der Waals surface area contributed by atoms with Crippen LogP contribution in [0.4, 0.5) is 9.59 Å².